The highest BCUT2D eigenvalue weighted by Crippen LogP contribution is 2.39. The first-order valence-electron chi connectivity index (χ1n) is 8.19. The molecule has 2 heterocycles. The fraction of sp³-hybridized carbons (Fsp3) is 0.750. The van der Waals surface area contributed by atoms with Gasteiger partial charge in [-0.05, 0) is 18.8 Å². The third-order valence-electron chi connectivity index (χ3n) is 4.25. The average Bonchev–Trinajstić information content (AvgIpc) is 3.31. The molecule has 1 saturated heterocycles. The number of aromatic nitrogens is 2. The fourth-order valence-corrected chi connectivity index (χ4v) is 2.94. The van der Waals surface area contributed by atoms with Gasteiger partial charge >= 0.3 is 0 Å². The summed E-state index contributed by atoms with van der Waals surface area (Å²) in [5.74, 6) is 4.42. The summed E-state index contributed by atoms with van der Waals surface area (Å²) in [6, 6.07) is 2.09. The molecular formula is C16H27N5. The van der Waals surface area contributed by atoms with Gasteiger partial charge in [0.05, 0.1) is 0 Å². The van der Waals surface area contributed by atoms with Crippen molar-refractivity contribution in [2.75, 3.05) is 50.0 Å². The molecule has 0 spiro atoms. The molecule has 1 aliphatic carbocycles. The highest BCUT2D eigenvalue weighted by molar-refractivity contribution is 5.50. The number of hydrogen-bond donors (Lipinski definition) is 1. The van der Waals surface area contributed by atoms with Crippen molar-refractivity contribution in [3.63, 3.8) is 0 Å². The van der Waals surface area contributed by atoms with Crippen LogP contribution in [0.5, 0.6) is 0 Å². The van der Waals surface area contributed by atoms with Gasteiger partial charge in [0.15, 0.2) is 0 Å². The number of rotatable bonds is 5. The minimum atomic E-state index is 0.597. The van der Waals surface area contributed by atoms with E-state index < -0.39 is 0 Å². The maximum Gasteiger partial charge on any atom is 0.136 e. The molecule has 0 radical (unpaired) electrons. The number of piperazine rings is 1. The van der Waals surface area contributed by atoms with Crippen molar-refractivity contribution in [2.45, 2.75) is 32.6 Å². The summed E-state index contributed by atoms with van der Waals surface area (Å²) in [7, 11) is 1.93. The van der Waals surface area contributed by atoms with Crippen LogP contribution in [0, 0.1) is 5.92 Å². The molecule has 116 valence electrons. The van der Waals surface area contributed by atoms with Gasteiger partial charge in [-0.1, -0.05) is 13.8 Å². The van der Waals surface area contributed by atoms with Crippen LogP contribution in [0.25, 0.3) is 0 Å². The van der Waals surface area contributed by atoms with E-state index in [9.17, 15) is 0 Å². The summed E-state index contributed by atoms with van der Waals surface area (Å²) in [5.41, 5.74) is 0. The monoisotopic (exact) mass is 289 g/mol. The molecule has 1 N–H and O–H groups in total. The fourth-order valence-electron chi connectivity index (χ4n) is 2.94. The summed E-state index contributed by atoms with van der Waals surface area (Å²) in [6.45, 7) is 10.2. The molecule has 0 amide bonds. The summed E-state index contributed by atoms with van der Waals surface area (Å²) in [5, 5.41) is 3.18. The van der Waals surface area contributed by atoms with Gasteiger partial charge in [0.1, 0.15) is 17.5 Å². The lowest BCUT2D eigenvalue weighted by Crippen LogP contribution is -2.47. The summed E-state index contributed by atoms with van der Waals surface area (Å²) in [4.78, 5) is 14.4. The van der Waals surface area contributed by atoms with E-state index in [0.29, 0.717) is 5.92 Å². The molecule has 0 bridgehead atoms. The normalized spacial score (nSPS) is 20.1. The Morgan fingerprint density at radius 1 is 1.19 bits per heavy atom. The van der Waals surface area contributed by atoms with Crippen LogP contribution in [-0.4, -0.2) is 54.6 Å². The molecular weight excluding hydrogens is 262 g/mol. The van der Waals surface area contributed by atoms with Gasteiger partial charge in [0.25, 0.3) is 0 Å². The highest BCUT2D eigenvalue weighted by Gasteiger charge is 2.28. The molecule has 1 saturated carbocycles. The minimum Gasteiger partial charge on any atom is -0.373 e. The Bertz CT molecular complexity index is 476. The maximum atomic E-state index is 4.81. The minimum absolute atomic E-state index is 0.597. The third kappa shape index (κ3) is 3.64. The SMILES string of the molecule is CNc1cc(N2CCN(CC(C)C)CC2)nc(C2CC2)n1. The van der Waals surface area contributed by atoms with Crippen LogP contribution in [0.15, 0.2) is 6.07 Å². The van der Waals surface area contributed by atoms with Crippen molar-refractivity contribution >= 4 is 11.6 Å². The van der Waals surface area contributed by atoms with Crippen molar-refractivity contribution < 1.29 is 0 Å². The molecule has 1 aromatic heterocycles. The standard InChI is InChI=1S/C16H27N5/c1-12(2)11-20-6-8-21(9-7-20)15-10-14(17-3)18-16(19-15)13-4-5-13/h10,12-13H,4-9,11H2,1-3H3,(H,17,18,19). The van der Waals surface area contributed by atoms with Crippen molar-refractivity contribution in [1.82, 2.24) is 14.9 Å². The first-order chi connectivity index (χ1) is 10.2. The smallest absolute Gasteiger partial charge is 0.136 e. The second-order valence-corrected chi connectivity index (χ2v) is 6.68. The van der Waals surface area contributed by atoms with E-state index in [0.717, 1.165) is 49.6 Å². The lowest BCUT2D eigenvalue weighted by atomic mass is 10.2. The van der Waals surface area contributed by atoms with E-state index in [1.807, 2.05) is 7.05 Å². The van der Waals surface area contributed by atoms with Gasteiger partial charge < -0.3 is 10.2 Å². The van der Waals surface area contributed by atoms with Gasteiger partial charge in [-0.15, -0.1) is 0 Å². The quantitative estimate of drug-likeness (QED) is 0.900. The maximum absolute atomic E-state index is 4.81. The van der Waals surface area contributed by atoms with Crippen LogP contribution < -0.4 is 10.2 Å². The summed E-state index contributed by atoms with van der Waals surface area (Å²) >= 11 is 0. The molecule has 21 heavy (non-hydrogen) atoms. The van der Waals surface area contributed by atoms with Crippen LogP contribution in [0.1, 0.15) is 38.4 Å². The predicted octanol–water partition coefficient (Wildman–Crippen LogP) is 2.17. The third-order valence-corrected chi connectivity index (χ3v) is 4.25. The Morgan fingerprint density at radius 3 is 2.48 bits per heavy atom. The van der Waals surface area contributed by atoms with Gasteiger partial charge in [-0.2, -0.15) is 0 Å². The summed E-state index contributed by atoms with van der Waals surface area (Å²) in [6.07, 6.45) is 2.49. The molecule has 5 heteroatoms. The molecule has 1 aromatic rings. The topological polar surface area (TPSA) is 44.3 Å². The molecule has 5 nitrogen and oxygen atoms in total. The molecule has 0 atom stereocenters. The van der Waals surface area contributed by atoms with Gasteiger partial charge in [-0.25, -0.2) is 9.97 Å². The summed E-state index contributed by atoms with van der Waals surface area (Å²) < 4.78 is 0. The Hall–Kier alpha value is -1.36. The zero-order valence-electron chi connectivity index (χ0n) is 13.5. The molecule has 2 fully saturated rings. The second-order valence-electron chi connectivity index (χ2n) is 6.68. The predicted molar refractivity (Wildman–Crippen MR) is 87.0 cm³/mol. The van der Waals surface area contributed by atoms with Crippen LogP contribution in [-0.2, 0) is 0 Å². The zero-order valence-corrected chi connectivity index (χ0v) is 13.5. The Morgan fingerprint density at radius 2 is 1.90 bits per heavy atom. The first-order valence-corrected chi connectivity index (χ1v) is 8.19. The van der Waals surface area contributed by atoms with E-state index >= 15 is 0 Å². The lowest BCUT2D eigenvalue weighted by Gasteiger charge is -2.36. The van der Waals surface area contributed by atoms with Gasteiger partial charge in [-0.3, -0.25) is 4.90 Å². The van der Waals surface area contributed by atoms with Crippen molar-refractivity contribution in [1.29, 1.82) is 0 Å². The van der Waals surface area contributed by atoms with Crippen molar-refractivity contribution in [3.8, 4) is 0 Å². The largest absolute Gasteiger partial charge is 0.373 e. The highest BCUT2D eigenvalue weighted by atomic mass is 15.3. The number of nitrogens with one attached hydrogen (secondary N) is 1. The Balaban J connectivity index is 1.68. The van der Waals surface area contributed by atoms with E-state index in [1.165, 1.54) is 19.4 Å². The number of hydrogen-bond acceptors (Lipinski definition) is 5. The molecule has 3 rings (SSSR count). The molecule has 0 unspecified atom stereocenters. The molecule has 0 aromatic carbocycles. The van der Waals surface area contributed by atoms with E-state index in [1.54, 1.807) is 0 Å². The zero-order chi connectivity index (χ0) is 14.8. The van der Waals surface area contributed by atoms with Crippen molar-refractivity contribution in [3.05, 3.63) is 11.9 Å². The van der Waals surface area contributed by atoms with Crippen LogP contribution in [0.3, 0.4) is 0 Å². The first kappa shape index (κ1) is 14.6. The van der Waals surface area contributed by atoms with Crippen molar-refractivity contribution in [2.24, 2.45) is 5.92 Å². The van der Waals surface area contributed by atoms with Crippen LogP contribution >= 0.6 is 0 Å². The number of anilines is 2. The second kappa shape index (κ2) is 6.18. The molecule has 2 aliphatic rings. The van der Waals surface area contributed by atoms with Crippen LogP contribution in [0.2, 0.25) is 0 Å². The Labute approximate surface area is 127 Å². The van der Waals surface area contributed by atoms with E-state index in [-0.39, 0.29) is 0 Å². The average molecular weight is 289 g/mol. The molecule has 1 aliphatic heterocycles. The Kier molecular flexibility index (Phi) is 4.29. The van der Waals surface area contributed by atoms with E-state index in [4.69, 9.17) is 4.98 Å². The number of nitrogens with zero attached hydrogens (tertiary/aromatic N) is 4. The van der Waals surface area contributed by atoms with Gasteiger partial charge in [0.2, 0.25) is 0 Å². The van der Waals surface area contributed by atoms with Gasteiger partial charge in [0, 0.05) is 51.8 Å². The van der Waals surface area contributed by atoms with Crippen LogP contribution in [0.4, 0.5) is 11.6 Å². The lowest BCUT2D eigenvalue weighted by molar-refractivity contribution is 0.231. The van der Waals surface area contributed by atoms with E-state index in [2.05, 4.69) is 40.0 Å².